The summed E-state index contributed by atoms with van der Waals surface area (Å²) in [7, 11) is 3.80. The molecule has 0 radical (unpaired) electrons. The molecule has 0 spiro atoms. The minimum atomic E-state index is -0.167. The molecule has 0 heterocycles. The van der Waals surface area contributed by atoms with Gasteiger partial charge in [-0.15, -0.1) is 0 Å². The number of fused-ring (bicyclic) bond motifs is 6. The first kappa shape index (κ1) is 36.0. The fourth-order valence-electron chi connectivity index (χ4n) is 9.02. The number of aliphatic imine (C=N–C) groups is 1. The average Bonchev–Trinajstić information content (AvgIpc) is 3.55. The first-order valence-corrected chi connectivity index (χ1v) is 18.4. The molecule has 2 saturated carbocycles. The number of allylic oxidation sites excluding steroid dienone is 3. The monoisotopic (exact) mass is 658 g/mol. The van der Waals surface area contributed by atoms with Crippen LogP contribution in [0.4, 0.5) is 0 Å². The minimum Gasteiger partial charge on any atom is -0.504 e. The second-order valence-corrected chi connectivity index (χ2v) is 14.7. The summed E-state index contributed by atoms with van der Waals surface area (Å²) < 4.78 is 12.6. The number of aryl methyl sites for hydroxylation is 1. The van der Waals surface area contributed by atoms with Crippen molar-refractivity contribution in [3.05, 3.63) is 46.6 Å². The van der Waals surface area contributed by atoms with Crippen molar-refractivity contribution in [1.82, 2.24) is 5.32 Å². The number of carbonyl (C=O) groups is 1. The molecular weight excluding hydrogens is 600 g/mol. The van der Waals surface area contributed by atoms with Gasteiger partial charge in [-0.2, -0.15) is 0 Å². The molecule has 4 aliphatic rings. The minimum absolute atomic E-state index is 0.0506. The van der Waals surface area contributed by atoms with Crippen molar-refractivity contribution in [2.75, 3.05) is 27.3 Å². The second-order valence-electron chi connectivity index (χ2n) is 14.7. The normalized spacial score (nSPS) is 28.5. The third-order valence-corrected chi connectivity index (χ3v) is 11.0. The van der Waals surface area contributed by atoms with E-state index in [9.17, 15) is 9.90 Å². The zero-order valence-electron chi connectivity index (χ0n) is 29.6. The van der Waals surface area contributed by atoms with E-state index in [4.69, 9.17) is 20.9 Å². The third-order valence-electron chi connectivity index (χ3n) is 11.0. The average molecular weight is 659 g/mol. The van der Waals surface area contributed by atoms with Crippen LogP contribution in [0.15, 0.2) is 34.9 Å². The lowest BCUT2D eigenvalue weighted by atomic mass is 9.56. The van der Waals surface area contributed by atoms with Gasteiger partial charge in [-0.1, -0.05) is 49.8 Å². The van der Waals surface area contributed by atoms with Gasteiger partial charge in [0.05, 0.1) is 18.8 Å². The number of nitrogens with two attached hydrogens (primary N) is 2. The number of nitrogens with zero attached hydrogens (tertiary/aromatic N) is 1. The molecule has 48 heavy (non-hydrogen) atoms. The predicted octanol–water partition coefficient (Wildman–Crippen LogP) is 6.14. The fourth-order valence-corrected chi connectivity index (χ4v) is 9.02. The standard InChI is InChI=1S/C40H58N4O4/c1-5-6-7-12-30(45)17-16-26-22-36(48-31-13-8-9-14-31)39(46)38-32(26)15-10-11-29(44-40(41)42)20-27-21-33-28(23-43-3)18-25(2)19-34(33)37(38)35(27)24-47-4/h7,12,21-22,25,27-29,31,34-35,37,43,46H,5-6,8-9,11,13-14,16-20,23-24H2,1-4H3,(H4,41,42,44)/b12-7+/t25-,27-,28+,29-,34-,35-,37+/m0/s1. The number of guanidine groups is 1. The Balaban J connectivity index is 1.73. The van der Waals surface area contributed by atoms with Gasteiger partial charge in [-0.05, 0) is 112 Å². The summed E-state index contributed by atoms with van der Waals surface area (Å²) in [5.74, 6) is 9.13. The van der Waals surface area contributed by atoms with Crippen molar-refractivity contribution in [2.45, 2.75) is 109 Å². The lowest BCUT2D eigenvalue weighted by Gasteiger charge is -2.49. The molecule has 1 aromatic carbocycles. The Morgan fingerprint density at radius 2 is 2.00 bits per heavy atom. The number of phenolic OH excluding ortho intramolecular Hbond substituents is 1. The highest BCUT2D eigenvalue weighted by molar-refractivity contribution is 5.89. The Labute approximate surface area is 288 Å². The Kier molecular flexibility index (Phi) is 12.7. The molecule has 5 rings (SSSR count). The molecule has 0 aromatic heterocycles. The van der Waals surface area contributed by atoms with Crippen LogP contribution in [0, 0.1) is 41.4 Å². The molecule has 2 bridgehead atoms. The van der Waals surface area contributed by atoms with E-state index in [1.165, 1.54) is 5.57 Å². The number of ketones is 1. The molecule has 262 valence electrons. The van der Waals surface area contributed by atoms with Gasteiger partial charge >= 0.3 is 0 Å². The van der Waals surface area contributed by atoms with Gasteiger partial charge in [0.1, 0.15) is 0 Å². The first-order chi connectivity index (χ1) is 23.2. The molecule has 4 aliphatic carbocycles. The van der Waals surface area contributed by atoms with Gasteiger partial charge in [0.15, 0.2) is 23.2 Å². The zero-order chi connectivity index (χ0) is 34.2. The fraction of sp³-hybridized carbons (Fsp3) is 0.650. The van der Waals surface area contributed by atoms with Crippen LogP contribution < -0.4 is 21.5 Å². The predicted molar refractivity (Wildman–Crippen MR) is 193 cm³/mol. The Hall–Kier alpha value is -3.28. The number of rotatable bonds is 13. The van der Waals surface area contributed by atoms with Crippen LogP contribution in [0.5, 0.6) is 11.5 Å². The highest BCUT2D eigenvalue weighted by Crippen LogP contribution is 2.57. The first-order valence-electron chi connectivity index (χ1n) is 18.4. The van der Waals surface area contributed by atoms with E-state index < -0.39 is 0 Å². The molecule has 8 nitrogen and oxygen atoms in total. The van der Waals surface area contributed by atoms with Crippen LogP contribution in [0.1, 0.15) is 107 Å². The van der Waals surface area contributed by atoms with Crippen molar-refractivity contribution in [2.24, 2.45) is 46.0 Å². The quantitative estimate of drug-likeness (QED) is 0.0658. The molecule has 0 aliphatic heterocycles. The van der Waals surface area contributed by atoms with E-state index in [1.54, 1.807) is 13.2 Å². The van der Waals surface area contributed by atoms with Crippen molar-refractivity contribution in [1.29, 1.82) is 0 Å². The van der Waals surface area contributed by atoms with Gasteiger partial charge in [0, 0.05) is 43.5 Å². The summed E-state index contributed by atoms with van der Waals surface area (Å²) in [6.07, 6.45) is 16.6. The zero-order valence-corrected chi connectivity index (χ0v) is 29.6. The molecule has 8 heteroatoms. The van der Waals surface area contributed by atoms with Crippen LogP contribution in [-0.4, -0.2) is 56.3 Å². The third kappa shape index (κ3) is 8.47. The maximum Gasteiger partial charge on any atom is 0.186 e. The van der Waals surface area contributed by atoms with Crippen LogP contribution in [0.3, 0.4) is 0 Å². The number of benzene rings is 1. The van der Waals surface area contributed by atoms with Gasteiger partial charge in [0.25, 0.3) is 0 Å². The van der Waals surface area contributed by atoms with Crippen molar-refractivity contribution < 1.29 is 19.4 Å². The van der Waals surface area contributed by atoms with E-state index in [0.29, 0.717) is 43.5 Å². The Morgan fingerprint density at radius 1 is 1.21 bits per heavy atom. The van der Waals surface area contributed by atoms with Crippen molar-refractivity contribution >= 4 is 11.7 Å². The SMILES string of the molecule is CCC/C=C/C(=O)CCc1cc(OC2CCCC2)c(O)c2c1C#CC[C@H](N=C(N)N)C[C@H]1C=C3[C@@H](CNC)C[C@H](C)C[C@@H]3[C@@H]2[C@H]1COC. The summed E-state index contributed by atoms with van der Waals surface area (Å²) >= 11 is 0. The number of methoxy groups -OCH3 is 1. The number of hydrogen-bond donors (Lipinski definition) is 4. The maximum atomic E-state index is 13.0. The summed E-state index contributed by atoms with van der Waals surface area (Å²) in [4.78, 5) is 17.7. The van der Waals surface area contributed by atoms with Crippen LogP contribution in [0.2, 0.25) is 0 Å². The number of phenols is 1. The lowest BCUT2D eigenvalue weighted by Crippen LogP contribution is -2.43. The number of carbonyl (C=O) groups excluding carboxylic acids is 1. The topological polar surface area (TPSA) is 132 Å². The molecule has 0 unspecified atom stereocenters. The number of unbranched alkanes of at least 4 members (excludes halogenated alkanes) is 1. The van der Waals surface area contributed by atoms with Crippen LogP contribution in [0.25, 0.3) is 0 Å². The maximum absolute atomic E-state index is 13.0. The number of aromatic hydroxyl groups is 1. The van der Waals surface area contributed by atoms with E-state index in [-0.39, 0.29) is 53.3 Å². The highest BCUT2D eigenvalue weighted by atomic mass is 16.5. The number of ether oxygens (including phenoxy) is 2. The Bertz CT molecular complexity index is 1430. The summed E-state index contributed by atoms with van der Waals surface area (Å²) in [5.41, 5.74) is 16.0. The van der Waals surface area contributed by atoms with E-state index >= 15 is 0 Å². The van der Waals surface area contributed by atoms with Gasteiger partial charge in [-0.3, -0.25) is 4.79 Å². The number of nitrogens with one attached hydrogen (secondary N) is 1. The molecular formula is C40H58N4O4. The summed E-state index contributed by atoms with van der Waals surface area (Å²) in [6.45, 7) is 5.90. The molecule has 7 atom stereocenters. The van der Waals surface area contributed by atoms with Gasteiger partial charge in [0.2, 0.25) is 0 Å². The van der Waals surface area contributed by atoms with Gasteiger partial charge in [-0.25, -0.2) is 4.99 Å². The smallest absolute Gasteiger partial charge is 0.186 e. The van der Waals surface area contributed by atoms with Crippen molar-refractivity contribution in [3.8, 4) is 23.3 Å². The molecule has 1 aromatic rings. The second kappa shape index (κ2) is 16.9. The molecule has 0 saturated heterocycles. The number of hydrogen-bond acceptors (Lipinski definition) is 6. The summed E-state index contributed by atoms with van der Waals surface area (Å²) in [6, 6.07) is 1.80. The largest absolute Gasteiger partial charge is 0.504 e. The Morgan fingerprint density at radius 3 is 2.71 bits per heavy atom. The highest BCUT2D eigenvalue weighted by Gasteiger charge is 2.48. The van der Waals surface area contributed by atoms with Crippen molar-refractivity contribution in [3.63, 3.8) is 0 Å². The molecule has 0 amide bonds. The van der Waals surface area contributed by atoms with E-state index in [2.05, 4.69) is 42.1 Å². The summed E-state index contributed by atoms with van der Waals surface area (Å²) in [5, 5.41) is 15.9. The van der Waals surface area contributed by atoms with Gasteiger partial charge < -0.3 is 31.4 Å². The van der Waals surface area contributed by atoms with E-state index in [0.717, 1.165) is 81.0 Å². The molecule has 2 fully saturated rings. The molecule has 6 N–H and O–H groups in total. The van der Waals surface area contributed by atoms with Crippen LogP contribution in [-0.2, 0) is 16.0 Å². The van der Waals surface area contributed by atoms with Crippen LogP contribution >= 0.6 is 0 Å². The van der Waals surface area contributed by atoms with E-state index in [1.807, 2.05) is 19.2 Å². The lowest BCUT2D eigenvalue weighted by molar-refractivity contribution is -0.114.